The van der Waals surface area contributed by atoms with Crippen LogP contribution in [0.4, 0.5) is 0 Å². The van der Waals surface area contributed by atoms with Crippen molar-refractivity contribution in [2.24, 2.45) is 4.99 Å². The van der Waals surface area contributed by atoms with Crippen molar-refractivity contribution in [1.82, 2.24) is 4.57 Å². The van der Waals surface area contributed by atoms with E-state index in [1.165, 1.54) is 0 Å². The van der Waals surface area contributed by atoms with Gasteiger partial charge in [0.1, 0.15) is 11.2 Å². The van der Waals surface area contributed by atoms with Gasteiger partial charge in [0.25, 0.3) is 5.91 Å². The fourth-order valence-corrected chi connectivity index (χ4v) is 1.87. The number of hydrogen-bond donors (Lipinski definition) is 0. The molecule has 1 aromatic carbocycles. The molecule has 4 nitrogen and oxygen atoms in total. The number of aromatic nitrogens is 1. The highest BCUT2D eigenvalue weighted by Crippen LogP contribution is 2.13. The van der Waals surface area contributed by atoms with Crippen molar-refractivity contribution in [3.05, 3.63) is 59.7 Å². The molecule has 0 spiro atoms. The molecular weight excluding hydrogens is 252 g/mol. The third-order valence-corrected chi connectivity index (χ3v) is 2.76. The topological polar surface area (TPSA) is 43.6 Å². The molecule has 104 valence electrons. The molecule has 4 heteroatoms. The number of methoxy groups -OCH3 is 1. The molecule has 0 unspecified atom stereocenters. The van der Waals surface area contributed by atoms with Crippen LogP contribution in [-0.4, -0.2) is 23.6 Å². The first-order valence-corrected chi connectivity index (χ1v) is 6.52. The number of nitrogens with zero attached hydrogens (tertiary/aromatic N) is 2. The van der Waals surface area contributed by atoms with Crippen LogP contribution in [0.15, 0.2) is 53.7 Å². The number of hydrogen-bond acceptors (Lipinski definition) is 3. The van der Waals surface area contributed by atoms with Gasteiger partial charge in [0.15, 0.2) is 0 Å². The van der Waals surface area contributed by atoms with E-state index >= 15 is 0 Å². The van der Waals surface area contributed by atoms with Crippen LogP contribution in [0.2, 0.25) is 0 Å². The summed E-state index contributed by atoms with van der Waals surface area (Å²) >= 11 is 0. The number of carbonyl (C=O) groups is 1. The lowest BCUT2D eigenvalue weighted by atomic mass is 10.2. The zero-order valence-corrected chi connectivity index (χ0v) is 11.9. The lowest BCUT2D eigenvalue weighted by Gasteiger charge is -2.08. The second-order valence-corrected chi connectivity index (χ2v) is 4.69. The highest BCUT2D eigenvalue weighted by Gasteiger charge is 2.09. The second kappa shape index (κ2) is 6.19. The number of pyridine rings is 1. The molecule has 0 aliphatic carbocycles. The summed E-state index contributed by atoms with van der Waals surface area (Å²) < 4.78 is 6.70. The zero-order chi connectivity index (χ0) is 14.5. The normalized spacial score (nSPS) is 11.7. The van der Waals surface area contributed by atoms with Gasteiger partial charge in [0.2, 0.25) is 0 Å². The maximum Gasteiger partial charge on any atom is 0.263 e. The molecule has 0 bridgehead atoms. The standard InChI is InChI=1S/C16H18N2O2/c1-12(2)17-15-9-4-5-10-18(15)16(19)13-7-6-8-14(11-13)20-3/h4-12H,1-3H3. The minimum absolute atomic E-state index is 0.121. The van der Waals surface area contributed by atoms with Gasteiger partial charge < -0.3 is 4.74 Å². The quantitative estimate of drug-likeness (QED) is 0.860. The van der Waals surface area contributed by atoms with E-state index in [0.29, 0.717) is 16.8 Å². The van der Waals surface area contributed by atoms with E-state index in [1.54, 1.807) is 36.1 Å². The average Bonchev–Trinajstić information content (AvgIpc) is 2.46. The molecule has 1 aromatic heterocycles. The van der Waals surface area contributed by atoms with Crippen LogP contribution in [0, 0.1) is 0 Å². The van der Waals surface area contributed by atoms with Crippen LogP contribution >= 0.6 is 0 Å². The fourth-order valence-electron chi connectivity index (χ4n) is 1.87. The van der Waals surface area contributed by atoms with Crippen molar-refractivity contribution in [2.45, 2.75) is 19.9 Å². The molecule has 0 aliphatic heterocycles. The maximum atomic E-state index is 12.6. The van der Waals surface area contributed by atoms with Gasteiger partial charge in [0, 0.05) is 17.8 Å². The Labute approximate surface area is 118 Å². The van der Waals surface area contributed by atoms with Crippen LogP contribution in [0.5, 0.6) is 5.75 Å². The monoisotopic (exact) mass is 270 g/mol. The largest absolute Gasteiger partial charge is 0.497 e. The molecule has 0 radical (unpaired) electrons. The summed E-state index contributed by atoms with van der Waals surface area (Å²) in [5, 5.41) is 0. The van der Waals surface area contributed by atoms with Gasteiger partial charge in [-0.2, -0.15) is 0 Å². The fraction of sp³-hybridized carbons (Fsp3) is 0.250. The molecule has 0 amide bonds. The predicted molar refractivity (Wildman–Crippen MR) is 77.9 cm³/mol. The minimum atomic E-state index is -0.121. The summed E-state index contributed by atoms with van der Waals surface area (Å²) in [7, 11) is 1.58. The number of benzene rings is 1. The Morgan fingerprint density at radius 1 is 1.20 bits per heavy atom. The Kier molecular flexibility index (Phi) is 4.35. The van der Waals surface area contributed by atoms with Crippen LogP contribution in [-0.2, 0) is 0 Å². The molecular formula is C16H18N2O2. The molecule has 2 aromatic rings. The van der Waals surface area contributed by atoms with E-state index in [9.17, 15) is 4.79 Å². The van der Waals surface area contributed by atoms with E-state index < -0.39 is 0 Å². The van der Waals surface area contributed by atoms with Crippen molar-refractivity contribution in [3.8, 4) is 5.75 Å². The highest BCUT2D eigenvalue weighted by molar-refractivity contribution is 5.96. The van der Waals surface area contributed by atoms with Crippen molar-refractivity contribution in [1.29, 1.82) is 0 Å². The van der Waals surface area contributed by atoms with E-state index in [-0.39, 0.29) is 11.9 Å². The van der Waals surface area contributed by atoms with E-state index in [4.69, 9.17) is 4.74 Å². The summed E-state index contributed by atoms with van der Waals surface area (Å²) in [6.07, 6.45) is 1.73. The summed E-state index contributed by atoms with van der Waals surface area (Å²) in [5.74, 6) is 0.540. The summed E-state index contributed by atoms with van der Waals surface area (Å²) in [6.45, 7) is 3.96. The lowest BCUT2D eigenvalue weighted by Crippen LogP contribution is -2.28. The Bertz CT molecular complexity index is 672. The average molecular weight is 270 g/mol. The van der Waals surface area contributed by atoms with E-state index in [2.05, 4.69) is 4.99 Å². The van der Waals surface area contributed by atoms with Crippen molar-refractivity contribution in [2.75, 3.05) is 7.11 Å². The molecule has 0 aliphatic rings. The van der Waals surface area contributed by atoms with Crippen LogP contribution in [0.1, 0.15) is 24.2 Å². The third-order valence-electron chi connectivity index (χ3n) is 2.76. The van der Waals surface area contributed by atoms with Gasteiger partial charge >= 0.3 is 0 Å². The van der Waals surface area contributed by atoms with Crippen molar-refractivity contribution >= 4 is 5.91 Å². The molecule has 0 saturated heterocycles. The third kappa shape index (κ3) is 3.15. The first-order chi connectivity index (χ1) is 9.61. The smallest absolute Gasteiger partial charge is 0.263 e. The molecule has 20 heavy (non-hydrogen) atoms. The first kappa shape index (κ1) is 14.1. The van der Waals surface area contributed by atoms with Gasteiger partial charge in [-0.05, 0) is 44.2 Å². The number of ether oxygens (including phenoxy) is 1. The molecule has 1 heterocycles. The SMILES string of the molecule is COc1cccc(C(=O)n2ccccc2=NC(C)C)c1. The maximum absolute atomic E-state index is 12.6. The lowest BCUT2D eigenvalue weighted by molar-refractivity contribution is 0.0954. The Balaban J connectivity index is 2.48. The molecule has 0 saturated carbocycles. The van der Waals surface area contributed by atoms with Gasteiger partial charge in [-0.1, -0.05) is 12.1 Å². The van der Waals surface area contributed by atoms with Crippen molar-refractivity contribution in [3.63, 3.8) is 0 Å². The zero-order valence-electron chi connectivity index (χ0n) is 11.9. The van der Waals surface area contributed by atoms with Crippen LogP contribution in [0.25, 0.3) is 0 Å². The van der Waals surface area contributed by atoms with Gasteiger partial charge in [-0.3, -0.25) is 14.4 Å². The van der Waals surface area contributed by atoms with Gasteiger partial charge in [-0.25, -0.2) is 0 Å². The molecule has 2 rings (SSSR count). The molecule has 0 atom stereocenters. The number of rotatable bonds is 3. The summed E-state index contributed by atoms with van der Waals surface area (Å²) in [6, 6.07) is 12.7. The van der Waals surface area contributed by atoms with Gasteiger partial charge in [-0.15, -0.1) is 0 Å². The molecule has 0 fully saturated rings. The summed E-state index contributed by atoms with van der Waals surface area (Å²) in [4.78, 5) is 17.0. The van der Waals surface area contributed by atoms with Crippen LogP contribution < -0.4 is 10.2 Å². The van der Waals surface area contributed by atoms with Crippen LogP contribution in [0.3, 0.4) is 0 Å². The number of carbonyl (C=O) groups excluding carboxylic acids is 1. The Morgan fingerprint density at radius 2 is 2.00 bits per heavy atom. The van der Waals surface area contributed by atoms with Crippen molar-refractivity contribution < 1.29 is 9.53 Å². The summed E-state index contributed by atoms with van der Waals surface area (Å²) in [5.41, 5.74) is 1.22. The minimum Gasteiger partial charge on any atom is -0.497 e. The predicted octanol–water partition coefficient (Wildman–Crippen LogP) is 2.49. The van der Waals surface area contributed by atoms with E-state index in [0.717, 1.165) is 0 Å². The van der Waals surface area contributed by atoms with Gasteiger partial charge in [0.05, 0.1) is 7.11 Å². The Hall–Kier alpha value is -2.36. The van der Waals surface area contributed by atoms with E-state index in [1.807, 2.05) is 38.1 Å². The second-order valence-electron chi connectivity index (χ2n) is 4.69. The molecule has 0 N–H and O–H groups in total. The highest BCUT2D eigenvalue weighted by atomic mass is 16.5. The Morgan fingerprint density at radius 3 is 2.70 bits per heavy atom. The first-order valence-electron chi connectivity index (χ1n) is 6.52.